The lowest BCUT2D eigenvalue weighted by Crippen LogP contribution is -2.16. The molecule has 146 valence electrons. The number of ether oxygens (including phenoxy) is 1. The number of rotatable bonds is 5. The van der Waals surface area contributed by atoms with Gasteiger partial charge in [0.2, 0.25) is 5.82 Å². The van der Waals surface area contributed by atoms with Crippen LogP contribution >= 0.6 is 11.6 Å². The van der Waals surface area contributed by atoms with E-state index in [4.69, 9.17) is 16.3 Å². The lowest BCUT2D eigenvalue weighted by molar-refractivity contribution is 0.0469. The molecule has 0 saturated carbocycles. The van der Waals surface area contributed by atoms with E-state index >= 15 is 0 Å². The summed E-state index contributed by atoms with van der Waals surface area (Å²) in [5.41, 5.74) is 0.705. The molecule has 3 aromatic rings. The summed E-state index contributed by atoms with van der Waals surface area (Å²) < 4.78 is 34.0. The molecule has 2 atom stereocenters. The number of nitrogens with one attached hydrogen (secondary N) is 1. The summed E-state index contributed by atoms with van der Waals surface area (Å²) in [6.45, 7) is 0.810. The zero-order valence-electron chi connectivity index (χ0n) is 14.6. The molecule has 1 saturated heterocycles. The lowest BCUT2D eigenvalue weighted by atomic mass is 9.97. The number of fused-ring (bicyclic) bond motifs is 1. The van der Waals surface area contributed by atoms with Crippen molar-refractivity contribution in [2.75, 3.05) is 13.2 Å². The number of carbonyl (C=O) groups excluding carboxylic acids is 1. The summed E-state index contributed by atoms with van der Waals surface area (Å²) >= 11 is 5.83. The molecule has 0 bridgehead atoms. The van der Waals surface area contributed by atoms with E-state index in [2.05, 4.69) is 20.5 Å². The van der Waals surface area contributed by atoms with Gasteiger partial charge in [-0.25, -0.2) is 18.6 Å². The van der Waals surface area contributed by atoms with Crippen molar-refractivity contribution >= 4 is 23.2 Å². The van der Waals surface area contributed by atoms with Crippen LogP contribution in [0.4, 0.5) is 8.78 Å². The minimum Gasteiger partial charge on any atom is -0.460 e. The zero-order valence-corrected chi connectivity index (χ0v) is 15.4. The molecule has 1 fully saturated rings. The van der Waals surface area contributed by atoms with Crippen molar-refractivity contribution < 1.29 is 18.3 Å². The van der Waals surface area contributed by atoms with Gasteiger partial charge in [0, 0.05) is 11.6 Å². The van der Waals surface area contributed by atoms with Crippen molar-refractivity contribution in [3.05, 3.63) is 58.8 Å². The van der Waals surface area contributed by atoms with Crippen molar-refractivity contribution in [2.45, 2.75) is 18.9 Å². The smallest absolute Gasteiger partial charge is 0.376 e. The fraction of sp³-hybridized carbons (Fsp3) is 0.333. The maximum atomic E-state index is 13.9. The van der Waals surface area contributed by atoms with Crippen LogP contribution in [0.15, 0.2) is 30.6 Å². The molecule has 10 heteroatoms. The highest BCUT2D eigenvalue weighted by Crippen LogP contribution is 2.30. The first kappa shape index (κ1) is 18.7. The lowest BCUT2D eigenvalue weighted by Gasteiger charge is -2.12. The van der Waals surface area contributed by atoms with Crippen LogP contribution in [0.2, 0.25) is 5.15 Å². The Hall–Kier alpha value is -2.65. The molecule has 0 radical (unpaired) electrons. The molecule has 0 unspecified atom stereocenters. The molecule has 4 rings (SSSR count). The van der Waals surface area contributed by atoms with Gasteiger partial charge in [0.05, 0.1) is 19.0 Å². The average Bonchev–Trinajstić information content (AvgIpc) is 3.30. The number of benzene rings is 1. The highest BCUT2D eigenvalue weighted by atomic mass is 35.5. The minimum atomic E-state index is -0.617. The maximum Gasteiger partial charge on any atom is 0.376 e. The number of hydrogen-bond acceptors (Lipinski definition) is 6. The summed E-state index contributed by atoms with van der Waals surface area (Å²) in [6.07, 6.45) is 4.06. The van der Waals surface area contributed by atoms with Crippen LogP contribution in [0.25, 0.3) is 5.65 Å². The second-order valence-corrected chi connectivity index (χ2v) is 7.00. The first-order valence-corrected chi connectivity index (χ1v) is 9.11. The molecular formula is C18H16ClF2N5O2. The van der Waals surface area contributed by atoms with Gasteiger partial charge >= 0.3 is 5.97 Å². The van der Waals surface area contributed by atoms with Gasteiger partial charge < -0.3 is 10.1 Å². The van der Waals surface area contributed by atoms with Gasteiger partial charge in [0.15, 0.2) is 5.65 Å². The van der Waals surface area contributed by atoms with Gasteiger partial charge in [-0.05, 0) is 43.5 Å². The fourth-order valence-electron chi connectivity index (χ4n) is 3.35. The van der Waals surface area contributed by atoms with Crippen LogP contribution in [0.3, 0.4) is 0 Å². The van der Waals surface area contributed by atoms with E-state index in [9.17, 15) is 13.6 Å². The average molecular weight is 408 g/mol. The van der Waals surface area contributed by atoms with Crippen molar-refractivity contribution in [1.29, 1.82) is 0 Å². The fourth-order valence-corrected chi connectivity index (χ4v) is 3.49. The van der Waals surface area contributed by atoms with E-state index in [1.807, 2.05) is 0 Å². The second kappa shape index (κ2) is 7.76. The van der Waals surface area contributed by atoms with Crippen molar-refractivity contribution in [3.8, 4) is 0 Å². The van der Waals surface area contributed by atoms with Gasteiger partial charge in [-0.15, -0.1) is 10.2 Å². The summed E-state index contributed by atoms with van der Waals surface area (Å²) in [5.74, 6) is -1.32. The first-order valence-electron chi connectivity index (χ1n) is 8.73. The number of hydrogen-bond donors (Lipinski definition) is 1. The highest BCUT2D eigenvalue weighted by Gasteiger charge is 2.28. The van der Waals surface area contributed by atoms with Crippen LogP contribution in [-0.4, -0.2) is 38.7 Å². The van der Waals surface area contributed by atoms with Crippen molar-refractivity contribution in [2.24, 2.45) is 5.92 Å². The van der Waals surface area contributed by atoms with Crippen LogP contribution < -0.4 is 5.32 Å². The van der Waals surface area contributed by atoms with E-state index < -0.39 is 17.6 Å². The van der Waals surface area contributed by atoms with Gasteiger partial charge in [0.1, 0.15) is 16.8 Å². The molecule has 0 amide bonds. The van der Waals surface area contributed by atoms with E-state index in [0.717, 1.165) is 12.1 Å². The Labute approximate surface area is 163 Å². The molecule has 1 N–H and O–H groups in total. The molecule has 3 heterocycles. The Morgan fingerprint density at radius 1 is 1.36 bits per heavy atom. The van der Waals surface area contributed by atoms with Gasteiger partial charge in [-0.1, -0.05) is 11.6 Å². The number of halogens is 3. The minimum absolute atomic E-state index is 0.0172. The summed E-state index contributed by atoms with van der Waals surface area (Å²) in [6, 6.07) is 3.19. The first-order chi connectivity index (χ1) is 13.5. The number of nitrogens with zero attached hydrogens (tertiary/aromatic N) is 4. The summed E-state index contributed by atoms with van der Waals surface area (Å²) in [4.78, 5) is 16.1. The third-order valence-corrected chi connectivity index (χ3v) is 4.95. The standard InChI is InChI=1S/C18H16ClF2N5O2/c19-15-9-26-16(8-23-15)24-25-17(26)18(27)28-4-3-10-5-14(22-7-10)12-6-11(20)1-2-13(12)21/h1-2,6,8-10,14,22H,3-5,7H2/t10-,14+/m0/s1. The van der Waals surface area contributed by atoms with Crippen molar-refractivity contribution in [3.63, 3.8) is 0 Å². The van der Waals surface area contributed by atoms with Gasteiger partial charge in [-0.3, -0.25) is 4.40 Å². The highest BCUT2D eigenvalue weighted by molar-refractivity contribution is 6.29. The third kappa shape index (κ3) is 3.81. The third-order valence-electron chi connectivity index (χ3n) is 4.76. The predicted molar refractivity (Wildman–Crippen MR) is 95.9 cm³/mol. The topological polar surface area (TPSA) is 81.4 Å². The number of aromatic nitrogens is 4. The van der Waals surface area contributed by atoms with E-state index in [1.165, 1.54) is 22.9 Å². The molecular weight excluding hydrogens is 392 g/mol. The molecule has 1 aliphatic heterocycles. The quantitative estimate of drug-likeness (QED) is 0.655. The Balaban J connectivity index is 1.32. The van der Waals surface area contributed by atoms with Gasteiger partial charge in [-0.2, -0.15) is 0 Å². The molecule has 1 aromatic carbocycles. The Morgan fingerprint density at radius 2 is 2.21 bits per heavy atom. The molecule has 0 aliphatic carbocycles. The Kier molecular flexibility index (Phi) is 5.19. The SMILES string of the molecule is O=C(OCC[C@@H]1CN[C@@H](c2cc(F)ccc2F)C1)c1nnc2cnc(Cl)cn12. The Morgan fingerprint density at radius 3 is 3.07 bits per heavy atom. The van der Waals surface area contributed by atoms with Crippen LogP contribution in [0.5, 0.6) is 0 Å². The van der Waals surface area contributed by atoms with E-state index in [-0.39, 0.29) is 29.5 Å². The Bertz CT molecular complexity index is 1030. The monoisotopic (exact) mass is 407 g/mol. The second-order valence-electron chi connectivity index (χ2n) is 6.61. The van der Waals surface area contributed by atoms with Crippen molar-refractivity contribution in [1.82, 2.24) is 24.9 Å². The number of esters is 1. The largest absolute Gasteiger partial charge is 0.460 e. The molecule has 2 aromatic heterocycles. The van der Waals surface area contributed by atoms with Crippen LogP contribution in [-0.2, 0) is 4.74 Å². The zero-order chi connectivity index (χ0) is 19.7. The normalized spacial score (nSPS) is 19.2. The van der Waals surface area contributed by atoms with Crippen LogP contribution in [0, 0.1) is 17.6 Å². The maximum absolute atomic E-state index is 13.9. The molecule has 7 nitrogen and oxygen atoms in total. The predicted octanol–water partition coefficient (Wildman–Crippen LogP) is 2.95. The van der Waals surface area contributed by atoms with E-state index in [0.29, 0.717) is 30.6 Å². The molecule has 0 spiro atoms. The summed E-state index contributed by atoms with van der Waals surface area (Å²) in [7, 11) is 0. The number of carbonyl (C=O) groups is 1. The van der Waals surface area contributed by atoms with E-state index in [1.54, 1.807) is 0 Å². The molecule has 1 aliphatic rings. The summed E-state index contributed by atoms with van der Waals surface area (Å²) in [5, 5.41) is 11.0. The van der Waals surface area contributed by atoms with Crippen LogP contribution in [0.1, 0.15) is 35.1 Å². The molecule has 28 heavy (non-hydrogen) atoms. The van der Waals surface area contributed by atoms with Gasteiger partial charge in [0.25, 0.3) is 0 Å².